The number of rotatable bonds is 5. The van der Waals surface area contributed by atoms with Crippen LogP contribution in [0.15, 0.2) is 18.2 Å². The van der Waals surface area contributed by atoms with Gasteiger partial charge in [0.15, 0.2) is 0 Å². The van der Waals surface area contributed by atoms with E-state index in [1.54, 1.807) is 6.26 Å². The molecule has 18 heavy (non-hydrogen) atoms. The van der Waals surface area contributed by atoms with E-state index < -0.39 is 16.8 Å². The molecule has 0 spiro atoms. The molecule has 0 radical (unpaired) electrons. The normalized spacial score (nSPS) is 9.83. The number of aromatic carboxylic acids is 1. The van der Waals surface area contributed by atoms with Gasteiger partial charge >= 0.3 is 5.97 Å². The highest BCUT2D eigenvalue weighted by molar-refractivity contribution is 7.99. The minimum absolute atomic E-state index is 0.0734. The first-order valence-electron chi connectivity index (χ1n) is 4.76. The predicted octanol–water partition coefficient (Wildman–Crippen LogP) is 1.59. The largest absolute Gasteiger partial charge is 0.478 e. The van der Waals surface area contributed by atoms with Gasteiger partial charge in [-0.15, -0.1) is 0 Å². The molecular formula is C10H10N2O5S. The fourth-order valence-corrected chi connectivity index (χ4v) is 1.59. The van der Waals surface area contributed by atoms with E-state index >= 15 is 0 Å². The molecule has 0 saturated heterocycles. The molecule has 0 aliphatic heterocycles. The molecule has 1 amide bonds. The number of nitro benzene ring substituents is 1. The Balaban J connectivity index is 3.11. The smallest absolute Gasteiger partial charge is 0.337 e. The topological polar surface area (TPSA) is 110 Å². The number of nitro groups is 1. The average Bonchev–Trinajstić information content (AvgIpc) is 2.28. The van der Waals surface area contributed by atoms with Crippen LogP contribution in [0.25, 0.3) is 0 Å². The van der Waals surface area contributed by atoms with Crippen LogP contribution in [0.5, 0.6) is 0 Å². The first kappa shape index (κ1) is 14.0. The predicted molar refractivity (Wildman–Crippen MR) is 67.1 cm³/mol. The maximum absolute atomic E-state index is 11.4. The molecule has 0 aliphatic rings. The number of carboxylic acid groups (broad SMARTS) is 1. The number of thioether (sulfide) groups is 1. The van der Waals surface area contributed by atoms with Crippen molar-refractivity contribution in [1.29, 1.82) is 0 Å². The van der Waals surface area contributed by atoms with Gasteiger partial charge in [0.1, 0.15) is 0 Å². The number of amides is 1. The van der Waals surface area contributed by atoms with Crippen molar-refractivity contribution < 1.29 is 19.6 Å². The van der Waals surface area contributed by atoms with E-state index in [1.807, 2.05) is 0 Å². The molecule has 7 nitrogen and oxygen atoms in total. The summed E-state index contributed by atoms with van der Waals surface area (Å²) in [4.78, 5) is 32.2. The Morgan fingerprint density at radius 1 is 1.50 bits per heavy atom. The number of hydrogen-bond acceptors (Lipinski definition) is 5. The lowest BCUT2D eigenvalue weighted by molar-refractivity contribution is -0.384. The van der Waals surface area contributed by atoms with E-state index in [4.69, 9.17) is 5.11 Å². The number of hydrogen-bond donors (Lipinski definition) is 2. The van der Waals surface area contributed by atoms with Crippen LogP contribution in [0.1, 0.15) is 10.4 Å². The molecule has 96 valence electrons. The second-order valence-electron chi connectivity index (χ2n) is 3.27. The number of non-ortho nitro benzene ring substituents is 1. The van der Waals surface area contributed by atoms with Gasteiger partial charge in [0, 0.05) is 12.1 Å². The molecule has 0 aliphatic carbocycles. The molecule has 0 bridgehead atoms. The van der Waals surface area contributed by atoms with Gasteiger partial charge < -0.3 is 10.4 Å². The molecule has 0 fully saturated rings. The molecule has 0 heterocycles. The maximum atomic E-state index is 11.4. The molecular weight excluding hydrogens is 260 g/mol. The zero-order valence-electron chi connectivity index (χ0n) is 9.37. The van der Waals surface area contributed by atoms with Gasteiger partial charge in [-0.25, -0.2) is 4.79 Å². The standard InChI is InChI=1S/C10H10N2O5S/c1-18-5-9(13)11-8-4-6(12(16)17)2-3-7(8)10(14)15/h2-4H,5H2,1H3,(H,11,13)(H,14,15). The first-order valence-corrected chi connectivity index (χ1v) is 6.15. The molecule has 1 aromatic rings. The zero-order valence-corrected chi connectivity index (χ0v) is 10.2. The van der Waals surface area contributed by atoms with E-state index in [0.717, 1.165) is 18.2 Å². The number of carbonyl (C=O) groups is 2. The van der Waals surface area contributed by atoms with Gasteiger partial charge in [-0.05, 0) is 12.3 Å². The first-order chi connectivity index (χ1) is 8.45. The molecule has 2 N–H and O–H groups in total. The Labute approximate surface area is 106 Å². The monoisotopic (exact) mass is 270 g/mol. The number of nitrogens with one attached hydrogen (secondary N) is 1. The lowest BCUT2D eigenvalue weighted by Gasteiger charge is -2.07. The van der Waals surface area contributed by atoms with E-state index in [1.165, 1.54) is 11.8 Å². The summed E-state index contributed by atoms with van der Waals surface area (Å²) in [7, 11) is 0. The van der Waals surface area contributed by atoms with Crippen molar-refractivity contribution in [3.8, 4) is 0 Å². The lowest BCUT2D eigenvalue weighted by atomic mass is 10.1. The summed E-state index contributed by atoms with van der Waals surface area (Å²) in [6.45, 7) is 0. The summed E-state index contributed by atoms with van der Waals surface area (Å²) in [5.41, 5.74) is -0.537. The summed E-state index contributed by atoms with van der Waals surface area (Å²) in [5, 5.41) is 21.8. The Hall–Kier alpha value is -2.09. The van der Waals surface area contributed by atoms with E-state index in [9.17, 15) is 19.7 Å². The van der Waals surface area contributed by atoms with Crippen molar-refractivity contribution in [2.24, 2.45) is 0 Å². The van der Waals surface area contributed by atoms with Gasteiger partial charge in [0.25, 0.3) is 5.69 Å². The third-order valence-electron chi connectivity index (χ3n) is 1.99. The second kappa shape index (κ2) is 6.01. The Kier molecular flexibility index (Phi) is 4.67. The summed E-state index contributed by atoms with van der Waals surface area (Å²) in [5.74, 6) is -1.53. The summed E-state index contributed by atoms with van der Waals surface area (Å²) in [6.07, 6.45) is 1.71. The highest BCUT2D eigenvalue weighted by Gasteiger charge is 2.16. The second-order valence-corrected chi connectivity index (χ2v) is 4.14. The molecule has 1 aromatic carbocycles. The van der Waals surface area contributed by atoms with Crippen LogP contribution < -0.4 is 5.32 Å². The summed E-state index contributed by atoms with van der Waals surface area (Å²) >= 11 is 1.26. The highest BCUT2D eigenvalue weighted by atomic mass is 32.2. The Morgan fingerprint density at radius 3 is 2.67 bits per heavy atom. The minimum atomic E-state index is -1.26. The van der Waals surface area contributed by atoms with E-state index in [0.29, 0.717) is 0 Å². The highest BCUT2D eigenvalue weighted by Crippen LogP contribution is 2.22. The number of anilines is 1. The summed E-state index contributed by atoms with van der Waals surface area (Å²) < 4.78 is 0. The van der Waals surface area contributed by atoms with Crippen molar-refractivity contribution in [2.75, 3.05) is 17.3 Å². The average molecular weight is 270 g/mol. The van der Waals surface area contributed by atoms with E-state index in [-0.39, 0.29) is 22.7 Å². The molecule has 1 rings (SSSR count). The molecule has 8 heteroatoms. The number of nitrogens with zero attached hydrogens (tertiary/aromatic N) is 1. The minimum Gasteiger partial charge on any atom is -0.478 e. The van der Waals surface area contributed by atoms with E-state index in [2.05, 4.69) is 5.32 Å². The van der Waals surface area contributed by atoms with Crippen LogP contribution in [-0.4, -0.2) is 33.9 Å². The van der Waals surface area contributed by atoms with Crippen LogP contribution >= 0.6 is 11.8 Å². The van der Waals surface area contributed by atoms with Crippen molar-refractivity contribution in [1.82, 2.24) is 0 Å². The van der Waals surface area contributed by atoms with Gasteiger partial charge in [0.05, 0.1) is 21.9 Å². The quantitative estimate of drug-likeness (QED) is 0.621. The number of benzene rings is 1. The zero-order chi connectivity index (χ0) is 13.7. The number of carboxylic acids is 1. The third kappa shape index (κ3) is 3.45. The lowest BCUT2D eigenvalue weighted by Crippen LogP contribution is -2.16. The van der Waals surface area contributed by atoms with Gasteiger partial charge in [-0.1, -0.05) is 0 Å². The van der Waals surface area contributed by atoms with Crippen molar-refractivity contribution in [2.45, 2.75) is 0 Å². The summed E-state index contributed by atoms with van der Waals surface area (Å²) in [6, 6.07) is 3.20. The van der Waals surface area contributed by atoms with Crippen molar-refractivity contribution >= 4 is 35.0 Å². The van der Waals surface area contributed by atoms with Crippen LogP contribution in [0.2, 0.25) is 0 Å². The van der Waals surface area contributed by atoms with Crippen LogP contribution in [-0.2, 0) is 4.79 Å². The molecule has 0 unspecified atom stereocenters. The van der Waals surface area contributed by atoms with Gasteiger partial charge in [0.2, 0.25) is 5.91 Å². The Morgan fingerprint density at radius 2 is 2.17 bits per heavy atom. The van der Waals surface area contributed by atoms with Crippen LogP contribution in [0.3, 0.4) is 0 Å². The fourth-order valence-electron chi connectivity index (χ4n) is 1.25. The SMILES string of the molecule is CSCC(=O)Nc1cc([N+](=O)[O-])ccc1C(=O)O. The molecule has 0 saturated carbocycles. The maximum Gasteiger partial charge on any atom is 0.337 e. The fraction of sp³-hybridized carbons (Fsp3) is 0.200. The van der Waals surface area contributed by atoms with Gasteiger partial charge in [-0.2, -0.15) is 11.8 Å². The van der Waals surface area contributed by atoms with Gasteiger partial charge in [-0.3, -0.25) is 14.9 Å². The molecule has 0 aromatic heterocycles. The van der Waals surface area contributed by atoms with Crippen LogP contribution in [0.4, 0.5) is 11.4 Å². The Bertz CT molecular complexity index is 503. The molecule has 0 atom stereocenters. The van der Waals surface area contributed by atoms with Crippen molar-refractivity contribution in [3.63, 3.8) is 0 Å². The third-order valence-corrected chi connectivity index (χ3v) is 2.54. The van der Waals surface area contributed by atoms with Crippen LogP contribution in [0, 0.1) is 10.1 Å². The van der Waals surface area contributed by atoms with Crippen molar-refractivity contribution in [3.05, 3.63) is 33.9 Å². The number of carbonyl (C=O) groups excluding carboxylic acids is 1.